The Balaban J connectivity index is 1.20. The Kier molecular flexibility index (Phi) is 3.49. The number of hydrogen-bond acceptors (Lipinski definition) is 5. The summed E-state index contributed by atoms with van der Waals surface area (Å²) in [5.74, 6) is 2.51. The highest BCUT2D eigenvalue weighted by Crippen LogP contribution is 2.39. The molecule has 3 fully saturated rings. The van der Waals surface area contributed by atoms with E-state index in [2.05, 4.69) is 10.1 Å². The number of amides is 1. The molecule has 2 unspecified atom stereocenters. The van der Waals surface area contributed by atoms with E-state index in [0.717, 1.165) is 29.8 Å². The van der Waals surface area contributed by atoms with E-state index in [0.29, 0.717) is 17.5 Å². The smallest absolute Gasteiger partial charge is 0.276 e. The number of aromatic nitrogens is 1. The Morgan fingerprint density at radius 2 is 2.00 bits per heavy atom. The van der Waals surface area contributed by atoms with Crippen molar-refractivity contribution in [1.29, 1.82) is 0 Å². The van der Waals surface area contributed by atoms with Crippen molar-refractivity contribution in [3.05, 3.63) is 29.3 Å². The average molecular weight is 343 g/mol. The van der Waals surface area contributed by atoms with Gasteiger partial charge in [0.2, 0.25) is 0 Å². The Morgan fingerprint density at radius 3 is 2.71 bits per heavy atom. The van der Waals surface area contributed by atoms with E-state index in [1.54, 1.807) is 17.4 Å². The van der Waals surface area contributed by atoms with E-state index >= 15 is 0 Å². The molecule has 5 rings (SSSR count). The first-order valence-electron chi connectivity index (χ1n) is 8.82. The summed E-state index contributed by atoms with van der Waals surface area (Å²) in [7, 11) is 0. The minimum atomic E-state index is -0.00260. The molecule has 2 saturated heterocycles. The molecule has 0 spiro atoms. The van der Waals surface area contributed by atoms with Crippen molar-refractivity contribution in [2.24, 2.45) is 11.8 Å². The van der Waals surface area contributed by atoms with Crippen LogP contribution in [0.25, 0.3) is 10.6 Å². The number of likely N-dealkylation sites (tertiary alicyclic amines) is 2. The zero-order chi connectivity index (χ0) is 16.1. The fourth-order valence-corrected chi connectivity index (χ4v) is 5.17. The first-order chi connectivity index (χ1) is 11.8. The van der Waals surface area contributed by atoms with Crippen LogP contribution in [0.4, 0.5) is 0 Å². The summed E-state index contributed by atoms with van der Waals surface area (Å²) in [5.41, 5.74) is 0.426. The third-order valence-corrected chi connectivity index (χ3v) is 6.80. The average Bonchev–Trinajstić information content (AvgIpc) is 3.28. The molecular weight excluding hydrogens is 322 g/mol. The van der Waals surface area contributed by atoms with Gasteiger partial charge in [-0.15, -0.1) is 11.3 Å². The molecule has 126 valence electrons. The lowest BCUT2D eigenvalue weighted by molar-refractivity contribution is 0.0304. The minimum absolute atomic E-state index is 0.00260. The normalized spacial score (nSPS) is 27.4. The number of thiophene rings is 1. The van der Waals surface area contributed by atoms with Crippen molar-refractivity contribution in [1.82, 2.24) is 15.0 Å². The first-order valence-corrected chi connectivity index (χ1v) is 9.70. The Hall–Kier alpha value is -1.66. The third-order valence-electron chi connectivity index (χ3n) is 5.91. The summed E-state index contributed by atoms with van der Waals surface area (Å²) in [4.78, 5) is 18.1. The van der Waals surface area contributed by atoms with Crippen molar-refractivity contribution in [3.8, 4) is 10.6 Å². The fourth-order valence-electron chi connectivity index (χ4n) is 4.49. The fraction of sp³-hybridized carbons (Fsp3) is 0.556. The topological polar surface area (TPSA) is 49.6 Å². The molecule has 4 heterocycles. The standard InChI is InChI=1S/C18H21N3O2S/c22-18(15-7-16(23-19-15)17-5-2-6-24-17)21-10-14(11-21)20-8-12-3-1-4-13(12)9-20/h2,5-7,12-14H,1,3-4,8-11H2. The van der Waals surface area contributed by atoms with Crippen LogP contribution >= 0.6 is 11.3 Å². The Morgan fingerprint density at radius 1 is 1.21 bits per heavy atom. The van der Waals surface area contributed by atoms with Gasteiger partial charge in [0.25, 0.3) is 5.91 Å². The minimum Gasteiger partial charge on any atom is -0.355 e. The van der Waals surface area contributed by atoms with Crippen LogP contribution in [0.5, 0.6) is 0 Å². The molecule has 1 aliphatic carbocycles. The van der Waals surface area contributed by atoms with E-state index in [9.17, 15) is 4.79 Å². The highest BCUT2D eigenvalue weighted by molar-refractivity contribution is 7.13. The molecule has 24 heavy (non-hydrogen) atoms. The Bertz CT molecular complexity index is 723. The second-order valence-electron chi connectivity index (χ2n) is 7.32. The predicted molar refractivity (Wildman–Crippen MR) is 91.9 cm³/mol. The molecule has 1 amide bonds. The van der Waals surface area contributed by atoms with Gasteiger partial charge in [-0.1, -0.05) is 17.6 Å². The van der Waals surface area contributed by atoms with Gasteiger partial charge in [-0.2, -0.15) is 0 Å². The van der Waals surface area contributed by atoms with Gasteiger partial charge in [0.1, 0.15) is 0 Å². The monoisotopic (exact) mass is 343 g/mol. The lowest BCUT2D eigenvalue weighted by atomic mass is 10.0. The maximum atomic E-state index is 12.6. The number of carbonyl (C=O) groups is 1. The van der Waals surface area contributed by atoms with Crippen molar-refractivity contribution in [2.75, 3.05) is 26.2 Å². The summed E-state index contributed by atoms with van der Waals surface area (Å²) >= 11 is 1.59. The largest absolute Gasteiger partial charge is 0.355 e. The molecule has 6 heteroatoms. The summed E-state index contributed by atoms with van der Waals surface area (Å²) in [5, 5.41) is 5.96. The highest BCUT2D eigenvalue weighted by atomic mass is 32.1. The third kappa shape index (κ3) is 2.40. The second kappa shape index (κ2) is 5.70. The number of rotatable bonds is 3. The summed E-state index contributed by atoms with van der Waals surface area (Å²) < 4.78 is 5.33. The summed E-state index contributed by atoms with van der Waals surface area (Å²) in [6.07, 6.45) is 4.22. The van der Waals surface area contributed by atoms with E-state index < -0.39 is 0 Å². The first kappa shape index (κ1) is 14.7. The number of nitrogens with zero attached hydrogens (tertiary/aromatic N) is 3. The van der Waals surface area contributed by atoms with E-state index in [4.69, 9.17) is 4.52 Å². The molecule has 0 N–H and O–H groups in total. The molecule has 0 bridgehead atoms. The van der Waals surface area contributed by atoms with Crippen molar-refractivity contribution >= 4 is 17.2 Å². The zero-order valence-electron chi connectivity index (χ0n) is 13.6. The van der Waals surface area contributed by atoms with Crippen molar-refractivity contribution < 1.29 is 9.32 Å². The molecule has 2 aromatic rings. The van der Waals surface area contributed by atoms with Crippen LogP contribution in [0.15, 0.2) is 28.1 Å². The van der Waals surface area contributed by atoms with E-state index in [-0.39, 0.29) is 5.91 Å². The molecule has 3 aliphatic rings. The van der Waals surface area contributed by atoms with Gasteiger partial charge < -0.3 is 9.42 Å². The van der Waals surface area contributed by atoms with Gasteiger partial charge in [0, 0.05) is 38.3 Å². The summed E-state index contributed by atoms with van der Waals surface area (Å²) in [6, 6.07) is 6.25. The van der Waals surface area contributed by atoms with E-state index in [1.807, 2.05) is 22.4 Å². The Labute approximate surface area is 145 Å². The van der Waals surface area contributed by atoms with Gasteiger partial charge >= 0.3 is 0 Å². The highest BCUT2D eigenvalue weighted by Gasteiger charge is 2.43. The van der Waals surface area contributed by atoms with Crippen LogP contribution < -0.4 is 0 Å². The van der Waals surface area contributed by atoms with Crippen LogP contribution in [0.1, 0.15) is 29.8 Å². The van der Waals surface area contributed by atoms with Gasteiger partial charge in [0.05, 0.1) is 4.88 Å². The molecule has 2 aliphatic heterocycles. The van der Waals surface area contributed by atoms with Gasteiger partial charge in [-0.05, 0) is 36.1 Å². The van der Waals surface area contributed by atoms with Gasteiger partial charge in [0.15, 0.2) is 11.5 Å². The van der Waals surface area contributed by atoms with Crippen molar-refractivity contribution in [2.45, 2.75) is 25.3 Å². The maximum absolute atomic E-state index is 12.6. The molecule has 0 radical (unpaired) electrons. The zero-order valence-corrected chi connectivity index (χ0v) is 14.4. The molecule has 5 nitrogen and oxygen atoms in total. The van der Waals surface area contributed by atoms with Crippen LogP contribution in [-0.4, -0.2) is 53.1 Å². The quantitative estimate of drug-likeness (QED) is 0.860. The molecular formula is C18H21N3O2S. The molecule has 2 aromatic heterocycles. The summed E-state index contributed by atoms with van der Waals surface area (Å²) in [6.45, 7) is 4.15. The molecule has 1 saturated carbocycles. The van der Waals surface area contributed by atoms with Gasteiger partial charge in [-0.25, -0.2) is 0 Å². The van der Waals surface area contributed by atoms with Gasteiger partial charge in [-0.3, -0.25) is 9.69 Å². The number of hydrogen-bond donors (Lipinski definition) is 0. The van der Waals surface area contributed by atoms with Crippen LogP contribution in [0, 0.1) is 11.8 Å². The second-order valence-corrected chi connectivity index (χ2v) is 8.27. The van der Waals surface area contributed by atoms with Crippen LogP contribution in [-0.2, 0) is 0 Å². The number of carbonyl (C=O) groups excluding carboxylic acids is 1. The maximum Gasteiger partial charge on any atom is 0.276 e. The SMILES string of the molecule is O=C(c1cc(-c2cccs2)on1)N1CC(N2CC3CCCC3C2)C1. The van der Waals surface area contributed by atoms with E-state index in [1.165, 1.54) is 32.4 Å². The lowest BCUT2D eigenvalue weighted by Gasteiger charge is -2.44. The van der Waals surface area contributed by atoms with Crippen LogP contribution in [0.2, 0.25) is 0 Å². The van der Waals surface area contributed by atoms with Crippen molar-refractivity contribution in [3.63, 3.8) is 0 Å². The number of fused-ring (bicyclic) bond motifs is 1. The molecule has 2 atom stereocenters. The lowest BCUT2D eigenvalue weighted by Crippen LogP contribution is -2.60. The van der Waals surface area contributed by atoms with Crippen LogP contribution in [0.3, 0.4) is 0 Å². The predicted octanol–water partition coefficient (Wildman–Crippen LogP) is 2.96. The molecule has 0 aromatic carbocycles.